The van der Waals surface area contributed by atoms with E-state index in [4.69, 9.17) is 4.74 Å². The van der Waals surface area contributed by atoms with Gasteiger partial charge in [-0.05, 0) is 12.1 Å². The second kappa shape index (κ2) is 5.19. The summed E-state index contributed by atoms with van der Waals surface area (Å²) in [6, 6.07) is 6.94. The standard InChI is InChI=1S/C13H11NO4S/c1-7(15)14-13-12(18-8(2)16)11(17)9-5-3-4-6-10(9)19-13/h3-6H,1-2H3,(H,14,15). The maximum Gasteiger partial charge on any atom is 0.308 e. The quantitative estimate of drug-likeness (QED) is 0.854. The molecule has 0 aliphatic heterocycles. The Balaban J connectivity index is 2.72. The van der Waals surface area contributed by atoms with E-state index in [-0.39, 0.29) is 16.7 Å². The molecule has 0 aliphatic carbocycles. The summed E-state index contributed by atoms with van der Waals surface area (Å²) in [5, 5.41) is 3.21. The third-order valence-electron chi connectivity index (χ3n) is 2.29. The van der Waals surface area contributed by atoms with E-state index in [9.17, 15) is 14.4 Å². The molecule has 1 amide bonds. The smallest absolute Gasteiger partial charge is 0.308 e. The topological polar surface area (TPSA) is 72.5 Å². The van der Waals surface area contributed by atoms with E-state index < -0.39 is 11.4 Å². The van der Waals surface area contributed by atoms with Gasteiger partial charge in [-0.2, -0.15) is 0 Å². The second-order valence-electron chi connectivity index (χ2n) is 3.86. The van der Waals surface area contributed by atoms with Crippen LogP contribution in [0.3, 0.4) is 0 Å². The lowest BCUT2D eigenvalue weighted by Crippen LogP contribution is -2.16. The Morgan fingerprint density at radius 3 is 2.53 bits per heavy atom. The molecule has 0 radical (unpaired) electrons. The predicted molar refractivity (Wildman–Crippen MR) is 73.7 cm³/mol. The van der Waals surface area contributed by atoms with Crippen molar-refractivity contribution in [2.45, 2.75) is 13.8 Å². The van der Waals surface area contributed by atoms with Gasteiger partial charge in [-0.25, -0.2) is 0 Å². The Morgan fingerprint density at radius 1 is 1.21 bits per heavy atom. The van der Waals surface area contributed by atoms with Crippen molar-refractivity contribution in [3.63, 3.8) is 0 Å². The van der Waals surface area contributed by atoms with Gasteiger partial charge in [-0.15, -0.1) is 11.3 Å². The van der Waals surface area contributed by atoms with Crippen LogP contribution in [0.25, 0.3) is 10.1 Å². The highest BCUT2D eigenvalue weighted by Crippen LogP contribution is 2.31. The van der Waals surface area contributed by atoms with Gasteiger partial charge in [0.2, 0.25) is 17.1 Å². The molecule has 1 heterocycles. The molecular weight excluding hydrogens is 266 g/mol. The fourth-order valence-corrected chi connectivity index (χ4v) is 2.66. The summed E-state index contributed by atoms with van der Waals surface area (Å²) in [6.45, 7) is 2.53. The minimum Gasteiger partial charge on any atom is -0.419 e. The van der Waals surface area contributed by atoms with E-state index in [1.54, 1.807) is 24.3 Å². The van der Waals surface area contributed by atoms with E-state index >= 15 is 0 Å². The number of fused-ring (bicyclic) bond motifs is 1. The van der Waals surface area contributed by atoms with Crippen molar-refractivity contribution in [1.82, 2.24) is 0 Å². The molecule has 2 aromatic rings. The first kappa shape index (κ1) is 13.2. The maximum atomic E-state index is 12.2. The van der Waals surface area contributed by atoms with Crippen molar-refractivity contribution in [2.75, 3.05) is 5.32 Å². The summed E-state index contributed by atoms with van der Waals surface area (Å²) in [5.41, 5.74) is -0.409. The Hall–Kier alpha value is -2.21. The molecule has 0 atom stereocenters. The van der Waals surface area contributed by atoms with E-state index in [1.807, 2.05) is 0 Å². The molecule has 5 nitrogen and oxygen atoms in total. The fourth-order valence-electron chi connectivity index (χ4n) is 1.60. The number of amides is 1. The monoisotopic (exact) mass is 277 g/mol. The molecule has 0 spiro atoms. The van der Waals surface area contributed by atoms with E-state index in [0.29, 0.717) is 10.1 Å². The van der Waals surface area contributed by atoms with Gasteiger partial charge in [-0.1, -0.05) is 12.1 Å². The molecule has 0 aliphatic rings. The molecule has 0 unspecified atom stereocenters. The lowest BCUT2D eigenvalue weighted by Gasteiger charge is -2.09. The molecule has 19 heavy (non-hydrogen) atoms. The van der Waals surface area contributed by atoms with Crippen molar-refractivity contribution < 1.29 is 14.3 Å². The van der Waals surface area contributed by atoms with Crippen molar-refractivity contribution in [1.29, 1.82) is 0 Å². The van der Waals surface area contributed by atoms with Crippen LogP contribution < -0.4 is 15.5 Å². The molecule has 1 aromatic heterocycles. The van der Waals surface area contributed by atoms with Crippen LogP contribution in [0.1, 0.15) is 13.8 Å². The van der Waals surface area contributed by atoms with Gasteiger partial charge in [0.05, 0.1) is 0 Å². The van der Waals surface area contributed by atoms with Gasteiger partial charge in [0.25, 0.3) is 0 Å². The second-order valence-corrected chi connectivity index (χ2v) is 4.91. The molecular formula is C13H11NO4S. The molecule has 1 N–H and O–H groups in total. The van der Waals surface area contributed by atoms with Gasteiger partial charge in [0.15, 0.2) is 0 Å². The molecule has 6 heteroatoms. The van der Waals surface area contributed by atoms with Crippen LogP contribution in [0, 0.1) is 0 Å². The Labute approximate surface area is 112 Å². The summed E-state index contributed by atoms with van der Waals surface area (Å²) < 4.78 is 5.64. The van der Waals surface area contributed by atoms with Crippen molar-refractivity contribution in [3.8, 4) is 5.75 Å². The summed E-state index contributed by atoms with van der Waals surface area (Å²) >= 11 is 1.19. The van der Waals surface area contributed by atoms with Crippen molar-refractivity contribution in [3.05, 3.63) is 34.5 Å². The number of hydrogen-bond acceptors (Lipinski definition) is 5. The molecule has 0 saturated heterocycles. The lowest BCUT2D eigenvalue weighted by atomic mass is 10.2. The highest BCUT2D eigenvalue weighted by Gasteiger charge is 2.16. The maximum absolute atomic E-state index is 12.2. The largest absolute Gasteiger partial charge is 0.419 e. The highest BCUT2D eigenvalue weighted by molar-refractivity contribution is 7.22. The molecule has 98 valence electrons. The summed E-state index contributed by atoms with van der Waals surface area (Å²) in [7, 11) is 0. The van der Waals surface area contributed by atoms with Gasteiger partial charge in [0.1, 0.15) is 5.00 Å². The zero-order chi connectivity index (χ0) is 14.0. The van der Waals surface area contributed by atoms with Crippen LogP contribution in [-0.2, 0) is 9.59 Å². The number of carbonyl (C=O) groups is 2. The number of rotatable bonds is 2. The van der Waals surface area contributed by atoms with Gasteiger partial charge in [0, 0.05) is 23.9 Å². The van der Waals surface area contributed by atoms with Gasteiger partial charge < -0.3 is 10.1 Å². The van der Waals surface area contributed by atoms with Crippen molar-refractivity contribution in [2.24, 2.45) is 0 Å². The molecule has 1 aromatic carbocycles. The summed E-state index contributed by atoms with van der Waals surface area (Å²) in [5.74, 6) is -1.07. The summed E-state index contributed by atoms with van der Waals surface area (Å²) in [4.78, 5) is 34.5. The summed E-state index contributed by atoms with van der Waals surface area (Å²) in [6.07, 6.45) is 0. The van der Waals surface area contributed by atoms with Gasteiger partial charge >= 0.3 is 5.97 Å². The van der Waals surface area contributed by atoms with Crippen LogP contribution in [0.2, 0.25) is 0 Å². The number of benzene rings is 1. The van der Waals surface area contributed by atoms with Crippen LogP contribution >= 0.6 is 11.3 Å². The number of nitrogens with one attached hydrogen (secondary N) is 1. The molecule has 0 bridgehead atoms. The fraction of sp³-hybridized carbons (Fsp3) is 0.154. The molecule has 2 rings (SSSR count). The van der Waals surface area contributed by atoms with Crippen LogP contribution in [0.5, 0.6) is 5.75 Å². The number of ether oxygens (including phenoxy) is 1. The number of hydrogen-bond donors (Lipinski definition) is 1. The highest BCUT2D eigenvalue weighted by atomic mass is 32.1. The number of anilines is 1. The Morgan fingerprint density at radius 2 is 1.89 bits per heavy atom. The van der Waals surface area contributed by atoms with Crippen molar-refractivity contribution >= 4 is 38.3 Å². The van der Waals surface area contributed by atoms with Gasteiger partial charge in [-0.3, -0.25) is 14.4 Å². The Kier molecular flexibility index (Phi) is 3.62. The first-order valence-electron chi connectivity index (χ1n) is 5.51. The zero-order valence-corrected chi connectivity index (χ0v) is 11.2. The van der Waals surface area contributed by atoms with Crippen LogP contribution in [-0.4, -0.2) is 11.9 Å². The Bertz CT molecular complexity index is 720. The molecule has 0 saturated carbocycles. The molecule has 0 fully saturated rings. The third-order valence-corrected chi connectivity index (χ3v) is 3.36. The van der Waals surface area contributed by atoms with E-state index in [1.165, 1.54) is 25.2 Å². The van der Waals surface area contributed by atoms with E-state index in [0.717, 1.165) is 0 Å². The SMILES string of the molecule is CC(=O)Nc1sc2ccccc2c(=O)c1OC(C)=O. The zero-order valence-electron chi connectivity index (χ0n) is 10.4. The first-order valence-corrected chi connectivity index (χ1v) is 6.32. The minimum absolute atomic E-state index is 0.133. The average molecular weight is 277 g/mol. The normalized spacial score (nSPS) is 10.2. The average Bonchev–Trinajstić information content (AvgIpc) is 2.33. The van der Waals surface area contributed by atoms with E-state index in [2.05, 4.69) is 5.32 Å². The predicted octanol–water partition coefficient (Wildman–Crippen LogP) is 2.15. The van der Waals surface area contributed by atoms with Crippen LogP contribution in [0.4, 0.5) is 5.00 Å². The third kappa shape index (κ3) is 2.79. The van der Waals surface area contributed by atoms with Crippen LogP contribution in [0.15, 0.2) is 29.1 Å². The minimum atomic E-state index is -0.605. The number of carbonyl (C=O) groups excluding carboxylic acids is 2. The first-order chi connectivity index (χ1) is 8.99. The lowest BCUT2D eigenvalue weighted by molar-refractivity contribution is -0.132. The number of esters is 1.